The quantitative estimate of drug-likeness (QED) is 0.507. The molecule has 3 aromatic heterocycles. The predicted octanol–water partition coefficient (Wildman–Crippen LogP) is 3.76. The normalized spacial score (nSPS) is 10.8. The third-order valence-electron chi connectivity index (χ3n) is 3.61. The van der Waals surface area contributed by atoms with Gasteiger partial charge in [0.1, 0.15) is 5.02 Å². The van der Waals surface area contributed by atoms with E-state index in [0.717, 1.165) is 22.3 Å². The van der Waals surface area contributed by atoms with Gasteiger partial charge in [-0.15, -0.1) is 0 Å². The molecule has 4 aromatic rings. The van der Waals surface area contributed by atoms with E-state index in [0.29, 0.717) is 23.3 Å². The first-order valence-corrected chi connectivity index (χ1v) is 8.02. The Bertz CT molecular complexity index is 1000. The first kappa shape index (κ1) is 15.3. The fraction of sp³-hybridized carbons (Fsp3) is 0.0588. The van der Waals surface area contributed by atoms with E-state index >= 15 is 0 Å². The zero-order valence-corrected chi connectivity index (χ0v) is 13.8. The predicted molar refractivity (Wildman–Crippen MR) is 98.0 cm³/mol. The monoisotopic (exact) mass is 351 g/mol. The lowest BCUT2D eigenvalue weighted by molar-refractivity contribution is 1.02. The van der Waals surface area contributed by atoms with E-state index in [4.69, 9.17) is 11.6 Å². The average Bonchev–Trinajstić information content (AvgIpc) is 3.11. The number of nitrogens with one attached hydrogen (secondary N) is 3. The minimum Gasteiger partial charge on any atom is -0.363 e. The van der Waals surface area contributed by atoms with Crippen molar-refractivity contribution < 1.29 is 0 Å². The van der Waals surface area contributed by atoms with Crippen molar-refractivity contribution in [2.45, 2.75) is 6.54 Å². The number of halogens is 1. The van der Waals surface area contributed by atoms with Crippen LogP contribution < -0.4 is 10.6 Å². The number of fused-ring (bicyclic) bond motifs is 1. The molecule has 0 atom stereocenters. The van der Waals surface area contributed by atoms with Crippen LogP contribution in [-0.2, 0) is 6.54 Å². The van der Waals surface area contributed by atoms with Crippen LogP contribution in [-0.4, -0.2) is 25.1 Å². The highest BCUT2D eigenvalue weighted by Gasteiger charge is 2.07. The summed E-state index contributed by atoms with van der Waals surface area (Å²) in [5, 5.41) is 14.8. The molecule has 0 aliphatic rings. The fourth-order valence-electron chi connectivity index (χ4n) is 2.37. The van der Waals surface area contributed by atoms with Crippen molar-refractivity contribution in [1.82, 2.24) is 25.1 Å². The van der Waals surface area contributed by atoms with Crippen LogP contribution in [0.5, 0.6) is 0 Å². The minimum atomic E-state index is 0.450. The number of anilines is 3. The molecule has 0 radical (unpaired) electrons. The molecule has 4 rings (SSSR count). The summed E-state index contributed by atoms with van der Waals surface area (Å²) in [6.45, 7) is 0.525. The van der Waals surface area contributed by atoms with Crippen molar-refractivity contribution in [2.75, 3.05) is 10.6 Å². The molecule has 0 aliphatic heterocycles. The molecule has 7 nitrogen and oxygen atoms in total. The van der Waals surface area contributed by atoms with Crippen molar-refractivity contribution >= 4 is 40.0 Å². The van der Waals surface area contributed by atoms with E-state index < -0.39 is 0 Å². The molecule has 0 saturated carbocycles. The SMILES string of the molecule is Clc1cnc(Nc2ccc3cn[nH]c3c2)nc1NCc1ccccn1. The molecule has 1 aromatic carbocycles. The summed E-state index contributed by atoms with van der Waals surface area (Å²) in [6.07, 6.45) is 5.08. The van der Waals surface area contributed by atoms with E-state index in [1.165, 1.54) is 0 Å². The van der Waals surface area contributed by atoms with Crippen molar-refractivity contribution in [2.24, 2.45) is 0 Å². The molecular formula is C17H14ClN7. The maximum atomic E-state index is 6.18. The molecule has 0 unspecified atom stereocenters. The maximum absolute atomic E-state index is 6.18. The van der Waals surface area contributed by atoms with Gasteiger partial charge in [-0.25, -0.2) is 4.98 Å². The summed E-state index contributed by atoms with van der Waals surface area (Å²) < 4.78 is 0. The second-order valence-corrected chi connectivity index (χ2v) is 5.77. The van der Waals surface area contributed by atoms with Crippen LogP contribution in [0, 0.1) is 0 Å². The summed E-state index contributed by atoms with van der Waals surface area (Å²) in [4.78, 5) is 12.9. The van der Waals surface area contributed by atoms with Crippen LogP contribution in [0.2, 0.25) is 5.02 Å². The van der Waals surface area contributed by atoms with Gasteiger partial charge in [-0.3, -0.25) is 10.1 Å². The third-order valence-corrected chi connectivity index (χ3v) is 3.88. The fourth-order valence-corrected chi connectivity index (χ4v) is 2.53. The van der Waals surface area contributed by atoms with Crippen LogP contribution in [0.15, 0.2) is 55.0 Å². The second-order valence-electron chi connectivity index (χ2n) is 5.36. The molecule has 0 saturated heterocycles. The Labute approximate surface area is 148 Å². The van der Waals surface area contributed by atoms with Gasteiger partial charge in [-0.1, -0.05) is 17.7 Å². The van der Waals surface area contributed by atoms with Gasteiger partial charge in [0.15, 0.2) is 5.82 Å². The lowest BCUT2D eigenvalue weighted by atomic mass is 10.2. The number of hydrogen-bond donors (Lipinski definition) is 3. The van der Waals surface area contributed by atoms with Crippen LogP contribution in [0.25, 0.3) is 10.9 Å². The largest absolute Gasteiger partial charge is 0.363 e. The lowest BCUT2D eigenvalue weighted by Crippen LogP contribution is -2.06. The van der Waals surface area contributed by atoms with Gasteiger partial charge in [0.25, 0.3) is 0 Å². The van der Waals surface area contributed by atoms with Crippen LogP contribution in [0.3, 0.4) is 0 Å². The molecule has 0 fully saturated rings. The van der Waals surface area contributed by atoms with Gasteiger partial charge in [0.2, 0.25) is 5.95 Å². The molecule has 3 heterocycles. The van der Waals surface area contributed by atoms with E-state index in [1.54, 1.807) is 18.6 Å². The van der Waals surface area contributed by atoms with E-state index in [2.05, 4.69) is 35.8 Å². The lowest BCUT2D eigenvalue weighted by Gasteiger charge is -2.10. The number of aromatic nitrogens is 5. The summed E-state index contributed by atoms with van der Waals surface area (Å²) in [6, 6.07) is 11.6. The van der Waals surface area contributed by atoms with Crippen LogP contribution in [0.1, 0.15) is 5.69 Å². The van der Waals surface area contributed by atoms with Crippen molar-refractivity contribution in [1.29, 1.82) is 0 Å². The second kappa shape index (κ2) is 6.74. The zero-order valence-electron chi connectivity index (χ0n) is 13.1. The van der Waals surface area contributed by atoms with Crippen LogP contribution >= 0.6 is 11.6 Å². The number of pyridine rings is 1. The summed E-state index contributed by atoms with van der Waals surface area (Å²) in [5.74, 6) is 0.999. The standard InChI is InChI=1S/C17H14ClN7/c18-14-10-21-17(23-12-5-4-11-8-22-25-15(11)7-12)24-16(14)20-9-13-3-1-2-6-19-13/h1-8,10H,9H2,(H,22,25)(H2,20,21,23,24). The highest BCUT2D eigenvalue weighted by atomic mass is 35.5. The molecular weight excluding hydrogens is 338 g/mol. The smallest absolute Gasteiger partial charge is 0.229 e. The summed E-state index contributed by atoms with van der Waals surface area (Å²) >= 11 is 6.18. The molecule has 0 amide bonds. The molecule has 0 spiro atoms. The van der Waals surface area contributed by atoms with E-state index in [1.807, 2.05) is 36.4 Å². The Morgan fingerprint density at radius 3 is 2.92 bits per heavy atom. The van der Waals surface area contributed by atoms with Gasteiger partial charge in [-0.2, -0.15) is 10.1 Å². The Morgan fingerprint density at radius 2 is 2.04 bits per heavy atom. The first-order valence-electron chi connectivity index (χ1n) is 7.64. The highest BCUT2D eigenvalue weighted by molar-refractivity contribution is 6.32. The summed E-state index contributed by atoms with van der Waals surface area (Å²) in [7, 11) is 0. The van der Waals surface area contributed by atoms with E-state index in [9.17, 15) is 0 Å². The first-order chi connectivity index (χ1) is 12.3. The number of hydrogen-bond acceptors (Lipinski definition) is 6. The molecule has 0 bridgehead atoms. The van der Waals surface area contributed by atoms with Gasteiger partial charge in [0, 0.05) is 17.3 Å². The van der Waals surface area contributed by atoms with Crippen LogP contribution in [0.4, 0.5) is 17.5 Å². The number of rotatable bonds is 5. The maximum Gasteiger partial charge on any atom is 0.229 e. The summed E-state index contributed by atoms with van der Waals surface area (Å²) in [5.41, 5.74) is 2.69. The molecule has 124 valence electrons. The molecule has 25 heavy (non-hydrogen) atoms. The number of aromatic amines is 1. The molecule has 0 aliphatic carbocycles. The Hall–Kier alpha value is -3.19. The van der Waals surface area contributed by atoms with Crippen molar-refractivity contribution in [3.05, 3.63) is 65.7 Å². The topological polar surface area (TPSA) is 91.4 Å². The van der Waals surface area contributed by atoms with Gasteiger partial charge in [0.05, 0.1) is 30.1 Å². The zero-order chi connectivity index (χ0) is 17.1. The Morgan fingerprint density at radius 1 is 1.08 bits per heavy atom. The van der Waals surface area contributed by atoms with E-state index in [-0.39, 0.29) is 0 Å². The van der Waals surface area contributed by atoms with Crippen molar-refractivity contribution in [3.63, 3.8) is 0 Å². The average molecular weight is 352 g/mol. The molecule has 3 N–H and O–H groups in total. The number of nitrogens with zero attached hydrogens (tertiary/aromatic N) is 4. The third kappa shape index (κ3) is 3.51. The minimum absolute atomic E-state index is 0.450. The molecule has 8 heteroatoms. The number of H-pyrrole nitrogens is 1. The van der Waals surface area contributed by atoms with Gasteiger partial charge < -0.3 is 10.6 Å². The van der Waals surface area contributed by atoms with Crippen molar-refractivity contribution in [3.8, 4) is 0 Å². The van der Waals surface area contributed by atoms with Gasteiger partial charge in [-0.05, 0) is 30.3 Å². The number of benzene rings is 1. The Balaban J connectivity index is 1.52. The Kier molecular flexibility index (Phi) is 4.14. The highest BCUT2D eigenvalue weighted by Crippen LogP contribution is 2.23. The van der Waals surface area contributed by atoms with Gasteiger partial charge >= 0.3 is 0 Å².